The van der Waals surface area contributed by atoms with E-state index in [1.54, 1.807) is 43.7 Å². The van der Waals surface area contributed by atoms with Crippen molar-refractivity contribution in [1.29, 1.82) is 0 Å². The van der Waals surface area contributed by atoms with Crippen molar-refractivity contribution in [1.82, 2.24) is 10.7 Å². The molecule has 26 heavy (non-hydrogen) atoms. The van der Waals surface area contributed by atoms with Crippen molar-refractivity contribution >= 4 is 23.5 Å². The Morgan fingerprint density at radius 1 is 1.27 bits per heavy atom. The predicted octanol–water partition coefficient (Wildman–Crippen LogP) is 3.40. The lowest BCUT2D eigenvalue weighted by molar-refractivity contribution is 0.279. The number of para-hydroxylation sites is 1. The Morgan fingerprint density at radius 3 is 2.81 bits per heavy atom. The molecule has 2 N–H and O–H groups in total. The Labute approximate surface area is 157 Å². The fourth-order valence-corrected chi connectivity index (χ4v) is 2.22. The molecule has 0 unspecified atom stereocenters. The van der Waals surface area contributed by atoms with Gasteiger partial charge in [0.2, 0.25) is 0 Å². The van der Waals surface area contributed by atoms with Crippen LogP contribution in [0.5, 0.6) is 11.5 Å². The van der Waals surface area contributed by atoms with Crippen LogP contribution in [0, 0.1) is 5.82 Å². The van der Waals surface area contributed by atoms with Crippen molar-refractivity contribution in [3.8, 4) is 11.5 Å². The zero-order valence-corrected chi connectivity index (χ0v) is 15.2. The first kappa shape index (κ1) is 19.4. The number of thiocarbonyl (C=S) groups is 1. The SMILES string of the molecule is C=CCNC(=S)N/N=C/c1cccc(OC)c1OCc1ccccc1F. The van der Waals surface area contributed by atoms with E-state index >= 15 is 0 Å². The summed E-state index contributed by atoms with van der Waals surface area (Å²) in [7, 11) is 1.54. The van der Waals surface area contributed by atoms with Gasteiger partial charge in [0, 0.05) is 17.7 Å². The van der Waals surface area contributed by atoms with E-state index in [1.165, 1.54) is 6.07 Å². The first-order valence-electron chi connectivity index (χ1n) is 7.86. The fourth-order valence-electron chi connectivity index (χ4n) is 2.08. The summed E-state index contributed by atoms with van der Waals surface area (Å²) in [5, 5.41) is 7.35. The summed E-state index contributed by atoms with van der Waals surface area (Å²) in [6.07, 6.45) is 3.25. The molecule has 0 bridgehead atoms. The van der Waals surface area contributed by atoms with Gasteiger partial charge in [-0.25, -0.2) is 4.39 Å². The van der Waals surface area contributed by atoms with Gasteiger partial charge in [-0.15, -0.1) is 6.58 Å². The van der Waals surface area contributed by atoms with Crippen LogP contribution in [0.4, 0.5) is 4.39 Å². The highest BCUT2D eigenvalue weighted by atomic mass is 32.1. The van der Waals surface area contributed by atoms with Gasteiger partial charge in [-0.2, -0.15) is 5.10 Å². The molecule has 0 amide bonds. The zero-order chi connectivity index (χ0) is 18.8. The molecule has 2 rings (SSSR count). The molecule has 0 aliphatic carbocycles. The maximum Gasteiger partial charge on any atom is 0.187 e. The maximum atomic E-state index is 13.8. The highest BCUT2D eigenvalue weighted by Crippen LogP contribution is 2.31. The molecule has 0 fully saturated rings. The average Bonchev–Trinajstić information content (AvgIpc) is 2.66. The second-order valence-corrected chi connectivity index (χ2v) is 5.54. The Hall–Kier alpha value is -2.93. The van der Waals surface area contributed by atoms with Crippen LogP contribution in [-0.2, 0) is 6.61 Å². The molecule has 0 aliphatic heterocycles. The van der Waals surface area contributed by atoms with Gasteiger partial charge in [0.15, 0.2) is 16.6 Å². The van der Waals surface area contributed by atoms with Gasteiger partial charge in [-0.1, -0.05) is 30.3 Å². The molecule has 0 atom stereocenters. The minimum Gasteiger partial charge on any atom is -0.493 e. The lowest BCUT2D eigenvalue weighted by atomic mass is 10.2. The summed E-state index contributed by atoms with van der Waals surface area (Å²) in [6, 6.07) is 11.8. The molecule has 0 saturated carbocycles. The molecule has 0 radical (unpaired) electrons. The third-order valence-electron chi connectivity index (χ3n) is 3.34. The molecule has 7 heteroatoms. The van der Waals surface area contributed by atoms with E-state index in [0.717, 1.165) is 0 Å². The number of benzene rings is 2. The first-order valence-corrected chi connectivity index (χ1v) is 8.27. The molecular formula is C19H20FN3O2S. The summed E-state index contributed by atoms with van der Waals surface area (Å²) in [4.78, 5) is 0. The Balaban J connectivity index is 2.13. The molecule has 2 aromatic carbocycles. The Bertz CT molecular complexity index is 796. The van der Waals surface area contributed by atoms with Gasteiger partial charge in [-0.05, 0) is 30.4 Å². The number of ether oxygens (including phenoxy) is 2. The number of hydrogen-bond donors (Lipinski definition) is 2. The van der Waals surface area contributed by atoms with E-state index in [9.17, 15) is 4.39 Å². The number of hydrazone groups is 1. The van der Waals surface area contributed by atoms with Crippen molar-refractivity contribution < 1.29 is 13.9 Å². The fraction of sp³-hybridized carbons (Fsp3) is 0.158. The van der Waals surface area contributed by atoms with Crippen molar-refractivity contribution in [3.63, 3.8) is 0 Å². The number of nitrogens with one attached hydrogen (secondary N) is 2. The van der Waals surface area contributed by atoms with Gasteiger partial charge in [-0.3, -0.25) is 5.43 Å². The van der Waals surface area contributed by atoms with Gasteiger partial charge in [0.1, 0.15) is 12.4 Å². The molecule has 0 spiro atoms. The third-order valence-corrected chi connectivity index (χ3v) is 3.57. The van der Waals surface area contributed by atoms with Crippen molar-refractivity contribution in [2.45, 2.75) is 6.61 Å². The van der Waals surface area contributed by atoms with Gasteiger partial charge >= 0.3 is 0 Å². The quantitative estimate of drug-likeness (QED) is 0.321. The minimum absolute atomic E-state index is 0.0701. The van der Waals surface area contributed by atoms with E-state index in [0.29, 0.717) is 34.3 Å². The van der Waals surface area contributed by atoms with Crippen LogP contribution < -0.4 is 20.2 Å². The molecule has 0 saturated heterocycles. The number of rotatable bonds is 8. The lowest BCUT2D eigenvalue weighted by Gasteiger charge is -2.13. The van der Waals surface area contributed by atoms with Gasteiger partial charge in [0.25, 0.3) is 0 Å². The molecule has 0 aromatic heterocycles. The molecule has 0 aliphatic rings. The largest absolute Gasteiger partial charge is 0.493 e. The standard InChI is InChI=1S/C19H20FN3O2S/c1-3-11-21-19(26)23-22-12-14-8-6-10-17(24-2)18(14)25-13-15-7-4-5-9-16(15)20/h3-10,12H,1,11,13H2,2H3,(H2,21,23,26)/b22-12+. The Kier molecular flexibility index (Phi) is 7.57. The monoisotopic (exact) mass is 373 g/mol. The van der Waals surface area contributed by atoms with Crippen molar-refractivity contribution in [2.24, 2.45) is 5.10 Å². The number of hydrogen-bond acceptors (Lipinski definition) is 4. The molecular weight excluding hydrogens is 353 g/mol. The van der Waals surface area contributed by atoms with Crippen LogP contribution in [0.15, 0.2) is 60.2 Å². The van der Waals surface area contributed by atoms with E-state index in [2.05, 4.69) is 22.4 Å². The number of methoxy groups -OCH3 is 1. The first-order chi connectivity index (χ1) is 12.7. The van der Waals surface area contributed by atoms with Crippen molar-refractivity contribution in [2.75, 3.05) is 13.7 Å². The van der Waals surface area contributed by atoms with E-state index in [1.807, 2.05) is 12.1 Å². The van der Waals surface area contributed by atoms with Gasteiger partial charge < -0.3 is 14.8 Å². The molecule has 5 nitrogen and oxygen atoms in total. The predicted molar refractivity (Wildman–Crippen MR) is 105 cm³/mol. The number of nitrogens with zero attached hydrogens (tertiary/aromatic N) is 1. The second-order valence-electron chi connectivity index (χ2n) is 5.13. The van der Waals surface area contributed by atoms with Crippen LogP contribution >= 0.6 is 12.2 Å². The van der Waals surface area contributed by atoms with Crippen LogP contribution in [-0.4, -0.2) is 25.0 Å². The maximum absolute atomic E-state index is 13.8. The molecule has 136 valence electrons. The topological polar surface area (TPSA) is 54.9 Å². The smallest absolute Gasteiger partial charge is 0.187 e. The summed E-state index contributed by atoms with van der Waals surface area (Å²) >= 11 is 5.06. The normalized spacial score (nSPS) is 10.4. The van der Waals surface area contributed by atoms with E-state index < -0.39 is 0 Å². The Morgan fingerprint density at radius 2 is 2.08 bits per heavy atom. The molecule has 0 heterocycles. The lowest BCUT2D eigenvalue weighted by Crippen LogP contribution is -2.31. The van der Waals surface area contributed by atoms with Crippen LogP contribution in [0.1, 0.15) is 11.1 Å². The minimum atomic E-state index is -0.321. The highest BCUT2D eigenvalue weighted by molar-refractivity contribution is 7.80. The molecule has 2 aromatic rings. The van der Waals surface area contributed by atoms with Gasteiger partial charge in [0.05, 0.1) is 13.3 Å². The van der Waals surface area contributed by atoms with Crippen LogP contribution in [0.2, 0.25) is 0 Å². The number of halogens is 1. The zero-order valence-electron chi connectivity index (χ0n) is 14.4. The summed E-state index contributed by atoms with van der Waals surface area (Å²) < 4.78 is 24.9. The third kappa shape index (κ3) is 5.56. The summed E-state index contributed by atoms with van der Waals surface area (Å²) in [5.41, 5.74) is 3.82. The summed E-state index contributed by atoms with van der Waals surface area (Å²) in [6.45, 7) is 4.21. The van der Waals surface area contributed by atoms with E-state index in [4.69, 9.17) is 21.7 Å². The summed E-state index contributed by atoms with van der Waals surface area (Å²) in [5.74, 6) is 0.671. The highest BCUT2D eigenvalue weighted by Gasteiger charge is 2.11. The van der Waals surface area contributed by atoms with Crippen LogP contribution in [0.25, 0.3) is 0 Å². The second kappa shape index (κ2) is 10.1. The van der Waals surface area contributed by atoms with E-state index in [-0.39, 0.29) is 12.4 Å². The van der Waals surface area contributed by atoms with Crippen LogP contribution in [0.3, 0.4) is 0 Å². The average molecular weight is 373 g/mol. The van der Waals surface area contributed by atoms with Crippen molar-refractivity contribution in [3.05, 3.63) is 72.1 Å².